The zero-order chi connectivity index (χ0) is 26.6. The number of hydrogen-bond donors (Lipinski definition) is 3. The molecule has 3 fully saturated rings. The smallest absolute Gasteiger partial charge is 0.265 e. The van der Waals surface area contributed by atoms with E-state index in [-0.39, 0.29) is 33.9 Å². The van der Waals surface area contributed by atoms with E-state index in [1.165, 1.54) is 24.3 Å². The zero-order valence-electron chi connectivity index (χ0n) is 20.4. The molecule has 2 bridgehead atoms. The van der Waals surface area contributed by atoms with Gasteiger partial charge in [-0.25, -0.2) is 13.1 Å². The molecule has 1 saturated heterocycles. The molecule has 2 aliphatic heterocycles. The van der Waals surface area contributed by atoms with Crippen molar-refractivity contribution in [1.82, 2.24) is 9.62 Å². The van der Waals surface area contributed by atoms with Crippen LogP contribution in [0.25, 0.3) is 0 Å². The number of carbonyl (C=O) groups is 2. The number of aromatic hydroxyl groups is 1. The van der Waals surface area contributed by atoms with Crippen LogP contribution < -0.4 is 9.46 Å². The van der Waals surface area contributed by atoms with Crippen molar-refractivity contribution in [3.05, 3.63) is 52.5 Å². The highest BCUT2D eigenvalue weighted by atomic mass is 35.5. The Labute approximate surface area is 224 Å². The van der Waals surface area contributed by atoms with E-state index < -0.39 is 44.8 Å². The number of benzene rings is 2. The average Bonchev–Trinajstić information content (AvgIpc) is 3.61. The molecule has 7 rings (SSSR count). The SMILES string of the molecule is O=C(NS(=O)(=O)c1ccccc1Cl)C1C[C@@]2(O)[C@H]3Cc4ccc(O)c5c4[C@@]2(CCN3CC2CC2)[C@@H](O5)C1=O. The van der Waals surface area contributed by atoms with Crippen molar-refractivity contribution in [2.24, 2.45) is 11.8 Å². The number of aliphatic hydroxyl groups is 1. The summed E-state index contributed by atoms with van der Waals surface area (Å²) in [6.45, 7) is 1.48. The number of nitrogens with zero attached hydrogens (tertiary/aromatic N) is 1. The van der Waals surface area contributed by atoms with E-state index in [0.717, 1.165) is 24.9 Å². The zero-order valence-corrected chi connectivity index (χ0v) is 22.0. The fourth-order valence-electron chi connectivity index (χ4n) is 7.45. The Hall–Kier alpha value is -2.66. The van der Waals surface area contributed by atoms with Crippen molar-refractivity contribution in [2.75, 3.05) is 13.1 Å². The van der Waals surface area contributed by atoms with Gasteiger partial charge >= 0.3 is 0 Å². The van der Waals surface area contributed by atoms with Crippen LogP contribution in [0.1, 0.15) is 36.8 Å². The molecule has 3 aliphatic carbocycles. The van der Waals surface area contributed by atoms with Gasteiger partial charge in [0.05, 0.1) is 16.0 Å². The third kappa shape index (κ3) is 3.14. The maximum Gasteiger partial charge on any atom is 0.265 e. The van der Waals surface area contributed by atoms with E-state index in [9.17, 15) is 28.2 Å². The Morgan fingerprint density at radius 2 is 1.97 bits per heavy atom. The van der Waals surface area contributed by atoms with Crippen molar-refractivity contribution in [3.8, 4) is 11.5 Å². The van der Waals surface area contributed by atoms with Gasteiger partial charge in [0.25, 0.3) is 10.0 Å². The van der Waals surface area contributed by atoms with E-state index in [1.54, 1.807) is 6.07 Å². The molecule has 1 spiro atoms. The van der Waals surface area contributed by atoms with Crippen LogP contribution in [-0.4, -0.2) is 66.1 Å². The highest BCUT2D eigenvalue weighted by molar-refractivity contribution is 7.90. The lowest BCUT2D eigenvalue weighted by molar-refractivity contribution is -0.198. The topological polar surface area (TPSA) is 133 Å². The first kappa shape index (κ1) is 24.4. The number of halogens is 1. The molecule has 2 saturated carbocycles. The van der Waals surface area contributed by atoms with Gasteiger partial charge in [-0.15, -0.1) is 0 Å². The lowest BCUT2D eigenvalue weighted by Crippen LogP contribution is -2.78. The Kier molecular flexibility index (Phi) is 5.09. The van der Waals surface area contributed by atoms with E-state index in [2.05, 4.69) is 4.90 Å². The van der Waals surface area contributed by atoms with Crippen molar-refractivity contribution >= 4 is 33.3 Å². The molecule has 5 aliphatic rings. The minimum absolute atomic E-state index is 0.0598. The van der Waals surface area contributed by atoms with Crippen molar-refractivity contribution in [3.63, 3.8) is 0 Å². The number of likely N-dealkylation sites (tertiary alicyclic amines) is 1. The minimum Gasteiger partial charge on any atom is -0.504 e. The molecule has 11 heteroatoms. The Bertz CT molecular complexity index is 1510. The van der Waals surface area contributed by atoms with Crippen molar-refractivity contribution in [2.45, 2.75) is 60.2 Å². The van der Waals surface area contributed by atoms with Crippen LogP contribution in [0.3, 0.4) is 0 Å². The summed E-state index contributed by atoms with van der Waals surface area (Å²) in [6, 6.07) is 8.70. The number of Topliss-reactive ketones (excluding diaryl/α,β-unsaturated/α-hetero) is 1. The van der Waals surface area contributed by atoms with Gasteiger partial charge in [-0.2, -0.15) is 0 Å². The van der Waals surface area contributed by atoms with Crippen molar-refractivity contribution < 1.29 is 33.0 Å². The first-order chi connectivity index (χ1) is 18.1. The summed E-state index contributed by atoms with van der Waals surface area (Å²) < 4.78 is 34.2. The predicted molar refractivity (Wildman–Crippen MR) is 135 cm³/mol. The molecule has 2 heterocycles. The summed E-state index contributed by atoms with van der Waals surface area (Å²) in [7, 11) is -4.37. The number of amides is 1. The van der Waals surface area contributed by atoms with Crippen molar-refractivity contribution in [1.29, 1.82) is 0 Å². The Balaban J connectivity index is 1.30. The van der Waals surface area contributed by atoms with E-state index in [0.29, 0.717) is 30.9 Å². The van der Waals surface area contributed by atoms with Crippen LogP contribution in [0.15, 0.2) is 41.3 Å². The van der Waals surface area contributed by atoms with E-state index in [4.69, 9.17) is 16.3 Å². The van der Waals surface area contributed by atoms with Crippen LogP contribution in [0.4, 0.5) is 0 Å². The highest BCUT2D eigenvalue weighted by Gasteiger charge is 2.75. The minimum atomic E-state index is -4.37. The summed E-state index contributed by atoms with van der Waals surface area (Å²) in [6.07, 6.45) is 1.72. The van der Waals surface area contributed by atoms with Gasteiger partial charge in [-0.05, 0) is 68.3 Å². The lowest BCUT2D eigenvalue weighted by Gasteiger charge is -2.63. The largest absolute Gasteiger partial charge is 0.504 e. The molecule has 5 atom stereocenters. The molecule has 200 valence electrons. The Morgan fingerprint density at radius 1 is 1.21 bits per heavy atom. The van der Waals surface area contributed by atoms with Crippen LogP contribution in [-0.2, 0) is 31.4 Å². The number of piperidine rings is 1. The second-order valence-corrected chi connectivity index (χ2v) is 13.4. The molecular formula is C27H27ClN2O7S. The predicted octanol–water partition coefficient (Wildman–Crippen LogP) is 1.91. The standard InChI is InChI=1S/C27H27ClN2O7S/c28-17-3-1-2-4-19(17)38(35,36)29-25(33)16-12-27(34)20-11-15-7-8-18(31)23-21(15)26(27,24(37-23)22(16)32)9-10-30(20)13-14-5-6-14/h1-4,7-8,14,16,20,24,31,34H,5-6,9-13H2,(H,29,33)/t16?,20-,24+,26+,27-/m1/s1. The number of nitrogens with one attached hydrogen (secondary N) is 1. The fraction of sp³-hybridized carbons (Fsp3) is 0.481. The number of ether oxygens (including phenoxy) is 1. The van der Waals surface area contributed by atoms with Crippen LogP contribution >= 0.6 is 11.6 Å². The molecule has 0 radical (unpaired) electrons. The van der Waals surface area contributed by atoms with Crippen LogP contribution in [0.5, 0.6) is 11.5 Å². The average molecular weight is 559 g/mol. The number of rotatable bonds is 5. The number of hydrogen-bond acceptors (Lipinski definition) is 8. The number of phenols is 1. The van der Waals surface area contributed by atoms with Gasteiger partial charge in [0, 0.05) is 18.2 Å². The van der Waals surface area contributed by atoms with Gasteiger partial charge in [0.15, 0.2) is 23.4 Å². The molecule has 38 heavy (non-hydrogen) atoms. The van der Waals surface area contributed by atoms with E-state index in [1.807, 2.05) is 10.8 Å². The lowest BCUT2D eigenvalue weighted by atomic mass is 9.47. The van der Waals surface area contributed by atoms with E-state index >= 15 is 0 Å². The molecule has 2 aromatic carbocycles. The molecule has 3 N–H and O–H groups in total. The van der Waals surface area contributed by atoms with Gasteiger partial charge in [0.1, 0.15) is 10.8 Å². The first-order valence-electron chi connectivity index (χ1n) is 12.9. The number of sulfonamides is 1. The maximum atomic E-state index is 13.9. The molecule has 1 unspecified atom stereocenters. The van der Waals surface area contributed by atoms with Gasteiger partial charge in [-0.3, -0.25) is 14.5 Å². The van der Waals surface area contributed by atoms with Gasteiger partial charge in [0.2, 0.25) is 5.91 Å². The fourth-order valence-corrected chi connectivity index (χ4v) is 8.99. The number of phenolic OH excluding ortho intramolecular Hbond substituents is 1. The third-order valence-corrected chi connectivity index (χ3v) is 11.2. The highest BCUT2D eigenvalue weighted by Crippen LogP contribution is 2.65. The maximum absolute atomic E-state index is 13.9. The number of ketones is 1. The molecule has 0 aromatic heterocycles. The summed E-state index contributed by atoms with van der Waals surface area (Å²) in [5.74, 6) is -2.47. The molecular weight excluding hydrogens is 532 g/mol. The van der Waals surface area contributed by atoms with Crippen LogP contribution in [0.2, 0.25) is 5.02 Å². The molecule has 1 amide bonds. The third-order valence-electron chi connectivity index (χ3n) is 9.31. The normalized spacial score (nSPS) is 33.4. The van der Waals surface area contributed by atoms with Gasteiger partial charge < -0.3 is 14.9 Å². The van der Waals surface area contributed by atoms with Crippen LogP contribution in [0, 0.1) is 11.8 Å². The first-order valence-corrected chi connectivity index (χ1v) is 14.8. The molecule has 9 nitrogen and oxygen atoms in total. The summed E-state index contributed by atoms with van der Waals surface area (Å²) in [5.41, 5.74) is -1.08. The Morgan fingerprint density at radius 3 is 2.71 bits per heavy atom. The number of carbonyl (C=O) groups excluding carboxylic acids is 2. The molecule has 2 aromatic rings. The summed E-state index contributed by atoms with van der Waals surface area (Å²) >= 11 is 6.06. The summed E-state index contributed by atoms with van der Waals surface area (Å²) in [5, 5.41) is 23.2. The summed E-state index contributed by atoms with van der Waals surface area (Å²) in [4.78, 5) is 29.3. The second-order valence-electron chi connectivity index (χ2n) is 11.3. The quantitative estimate of drug-likeness (QED) is 0.474. The van der Waals surface area contributed by atoms with Gasteiger partial charge in [-0.1, -0.05) is 29.8 Å². The second kappa shape index (κ2) is 7.94. The monoisotopic (exact) mass is 558 g/mol.